The minimum Gasteiger partial charge on any atom is -0.460 e. The highest BCUT2D eigenvalue weighted by Crippen LogP contribution is 2.15. The lowest BCUT2D eigenvalue weighted by Gasteiger charge is -2.08. The maximum atomic E-state index is 11.6. The number of carbonyl (C=O) groups excluding carboxylic acids is 1. The zero-order chi connectivity index (χ0) is 12.9. The zero-order valence-corrected chi connectivity index (χ0v) is 8.66. The monoisotopic (exact) mass is 249 g/mol. The van der Waals surface area contributed by atoms with Crippen LogP contribution in [0.15, 0.2) is 24.3 Å². The molecule has 2 N–H and O–H groups in total. The molecule has 0 saturated carbocycles. The average Bonchev–Trinajstić information content (AvgIpc) is 2.23. The smallest absolute Gasteiger partial charge is 0.460 e. The van der Waals surface area contributed by atoms with Gasteiger partial charge in [-0.1, -0.05) is 6.07 Å². The number of nitrogen functional groups attached to an aromatic ring is 1. The minimum atomic E-state index is -4.72. The predicted octanol–water partition coefficient (Wildman–Crippen LogP) is 1.96. The van der Waals surface area contributed by atoms with Crippen LogP contribution in [0.1, 0.15) is 10.4 Å². The van der Waals surface area contributed by atoms with E-state index in [0.29, 0.717) is 5.69 Å². The molecule has 0 unspecified atom stereocenters. The van der Waals surface area contributed by atoms with Crippen molar-refractivity contribution in [2.24, 2.45) is 0 Å². The van der Waals surface area contributed by atoms with Crippen molar-refractivity contribution in [1.82, 2.24) is 0 Å². The molecule has 0 spiro atoms. The third kappa shape index (κ3) is 5.21. The Morgan fingerprint density at radius 1 is 1.29 bits per heavy atom. The van der Waals surface area contributed by atoms with E-state index in [9.17, 15) is 18.0 Å². The van der Waals surface area contributed by atoms with Gasteiger partial charge in [-0.15, -0.1) is 13.2 Å². The van der Waals surface area contributed by atoms with Crippen molar-refractivity contribution < 1.29 is 27.4 Å². The molecule has 0 bridgehead atoms. The Kier molecular flexibility index (Phi) is 4.33. The van der Waals surface area contributed by atoms with Crippen LogP contribution in [-0.4, -0.2) is 25.5 Å². The van der Waals surface area contributed by atoms with Gasteiger partial charge in [-0.25, -0.2) is 4.79 Å². The van der Waals surface area contributed by atoms with Crippen LogP contribution in [-0.2, 0) is 9.47 Å². The molecule has 7 heteroatoms. The first-order valence-electron chi connectivity index (χ1n) is 4.62. The van der Waals surface area contributed by atoms with E-state index >= 15 is 0 Å². The van der Waals surface area contributed by atoms with Gasteiger partial charge in [-0.05, 0) is 18.2 Å². The number of rotatable bonds is 4. The summed E-state index contributed by atoms with van der Waals surface area (Å²) in [6, 6.07) is 5.93. The summed E-state index contributed by atoms with van der Waals surface area (Å²) in [5.41, 5.74) is 5.97. The molecule has 0 fully saturated rings. The molecule has 0 aromatic heterocycles. The van der Waals surface area contributed by atoms with Crippen LogP contribution in [0.5, 0.6) is 0 Å². The number of carbonyl (C=O) groups is 1. The molecule has 1 rings (SSSR count). The van der Waals surface area contributed by atoms with Crippen LogP contribution in [0.2, 0.25) is 0 Å². The number of esters is 1. The third-order valence-electron chi connectivity index (χ3n) is 1.70. The molecule has 0 aliphatic carbocycles. The molecule has 1 aromatic rings. The average molecular weight is 249 g/mol. The van der Waals surface area contributed by atoms with E-state index in [1.54, 1.807) is 6.07 Å². The van der Waals surface area contributed by atoms with Crippen LogP contribution < -0.4 is 5.73 Å². The molecule has 0 aliphatic heterocycles. The van der Waals surface area contributed by atoms with E-state index in [1.165, 1.54) is 18.2 Å². The maximum Gasteiger partial charge on any atom is 0.522 e. The largest absolute Gasteiger partial charge is 0.522 e. The highest BCUT2D eigenvalue weighted by atomic mass is 19.4. The molecule has 0 amide bonds. The van der Waals surface area contributed by atoms with Crippen LogP contribution >= 0.6 is 0 Å². The lowest BCUT2D eigenvalue weighted by molar-refractivity contribution is -0.326. The fourth-order valence-electron chi connectivity index (χ4n) is 1.04. The van der Waals surface area contributed by atoms with Crippen molar-refractivity contribution in [3.8, 4) is 0 Å². The van der Waals surface area contributed by atoms with Gasteiger partial charge in [0.25, 0.3) is 0 Å². The van der Waals surface area contributed by atoms with E-state index in [0.717, 1.165) is 0 Å². The lowest BCUT2D eigenvalue weighted by Crippen LogP contribution is -2.18. The molecule has 4 nitrogen and oxygen atoms in total. The number of hydrogen-bond acceptors (Lipinski definition) is 4. The highest BCUT2D eigenvalue weighted by Gasteiger charge is 2.28. The van der Waals surface area contributed by atoms with E-state index < -0.39 is 25.5 Å². The second kappa shape index (κ2) is 5.53. The van der Waals surface area contributed by atoms with Gasteiger partial charge in [0.05, 0.1) is 12.2 Å². The molecular formula is C10H10F3NO3. The molecule has 94 valence electrons. The Morgan fingerprint density at radius 2 is 2.00 bits per heavy atom. The number of halogens is 3. The standard InChI is InChI=1S/C10H10F3NO3/c11-10(12,13)17-5-4-16-9(15)7-2-1-3-8(14)6-7/h1-3,6H,4-5,14H2. The summed E-state index contributed by atoms with van der Waals surface area (Å²) in [7, 11) is 0. The minimum absolute atomic E-state index is 0.178. The summed E-state index contributed by atoms with van der Waals surface area (Å²) < 4.78 is 42.7. The first-order chi connectivity index (χ1) is 7.88. The number of alkyl halides is 3. The van der Waals surface area contributed by atoms with Crippen LogP contribution in [0.4, 0.5) is 18.9 Å². The Bertz CT molecular complexity index is 393. The van der Waals surface area contributed by atoms with Crippen molar-refractivity contribution in [2.45, 2.75) is 6.36 Å². The van der Waals surface area contributed by atoms with E-state index in [4.69, 9.17) is 5.73 Å². The number of hydrogen-bond donors (Lipinski definition) is 1. The normalized spacial score (nSPS) is 11.2. The van der Waals surface area contributed by atoms with E-state index in [2.05, 4.69) is 9.47 Å². The molecule has 0 atom stereocenters. The first-order valence-corrected chi connectivity index (χ1v) is 4.62. The summed E-state index contributed by atoms with van der Waals surface area (Å²) in [5.74, 6) is -0.747. The Labute approximate surface area is 95.1 Å². The number of anilines is 1. The van der Waals surface area contributed by atoms with Crippen molar-refractivity contribution in [3.63, 3.8) is 0 Å². The third-order valence-corrected chi connectivity index (χ3v) is 1.70. The first kappa shape index (κ1) is 13.3. The van der Waals surface area contributed by atoms with Crippen molar-refractivity contribution >= 4 is 11.7 Å². The van der Waals surface area contributed by atoms with Crippen LogP contribution in [0.25, 0.3) is 0 Å². The second-order valence-corrected chi connectivity index (χ2v) is 3.06. The quantitative estimate of drug-likeness (QED) is 0.503. The fraction of sp³-hybridized carbons (Fsp3) is 0.300. The Balaban J connectivity index is 2.36. The summed E-state index contributed by atoms with van der Waals surface area (Å²) in [6.07, 6.45) is -4.72. The highest BCUT2D eigenvalue weighted by molar-refractivity contribution is 5.90. The molecule has 17 heavy (non-hydrogen) atoms. The summed E-state index contributed by atoms with van der Waals surface area (Å²) >= 11 is 0. The van der Waals surface area contributed by atoms with Gasteiger partial charge in [0, 0.05) is 5.69 Å². The van der Waals surface area contributed by atoms with Gasteiger partial charge in [0.1, 0.15) is 6.61 Å². The fourth-order valence-corrected chi connectivity index (χ4v) is 1.04. The predicted molar refractivity (Wildman–Crippen MR) is 53.1 cm³/mol. The molecule has 0 aliphatic rings. The molecule has 1 aromatic carbocycles. The number of nitrogens with two attached hydrogens (primary N) is 1. The number of ether oxygens (including phenoxy) is 2. The topological polar surface area (TPSA) is 61.6 Å². The summed E-state index contributed by atoms with van der Waals surface area (Å²) in [4.78, 5) is 11.3. The van der Waals surface area contributed by atoms with Gasteiger partial charge < -0.3 is 10.5 Å². The van der Waals surface area contributed by atoms with Crippen molar-refractivity contribution in [3.05, 3.63) is 29.8 Å². The van der Waals surface area contributed by atoms with E-state index in [1.807, 2.05) is 0 Å². The molecule has 0 saturated heterocycles. The van der Waals surface area contributed by atoms with Gasteiger partial charge in [0.15, 0.2) is 0 Å². The zero-order valence-electron chi connectivity index (χ0n) is 8.66. The lowest BCUT2D eigenvalue weighted by atomic mass is 10.2. The summed E-state index contributed by atoms with van der Waals surface area (Å²) in [5, 5.41) is 0. The molecule has 0 radical (unpaired) electrons. The van der Waals surface area contributed by atoms with Gasteiger partial charge in [-0.2, -0.15) is 0 Å². The van der Waals surface area contributed by atoms with Crippen LogP contribution in [0.3, 0.4) is 0 Å². The van der Waals surface area contributed by atoms with Crippen molar-refractivity contribution in [1.29, 1.82) is 0 Å². The second-order valence-electron chi connectivity index (χ2n) is 3.06. The van der Waals surface area contributed by atoms with Crippen LogP contribution in [0, 0.1) is 0 Å². The number of benzene rings is 1. The maximum absolute atomic E-state index is 11.6. The molecule has 0 heterocycles. The van der Waals surface area contributed by atoms with Gasteiger partial charge in [-0.3, -0.25) is 4.74 Å². The van der Waals surface area contributed by atoms with Crippen molar-refractivity contribution in [2.75, 3.05) is 18.9 Å². The molecular weight excluding hydrogens is 239 g/mol. The summed E-state index contributed by atoms with van der Waals surface area (Å²) in [6.45, 7) is -1.22. The van der Waals surface area contributed by atoms with Gasteiger partial charge in [0.2, 0.25) is 0 Å². The van der Waals surface area contributed by atoms with Gasteiger partial charge >= 0.3 is 12.3 Å². The SMILES string of the molecule is Nc1cccc(C(=O)OCCOC(F)(F)F)c1. The Hall–Kier alpha value is -1.76. The Morgan fingerprint density at radius 3 is 2.59 bits per heavy atom. The van der Waals surface area contributed by atoms with E-state index in [-0.39, 0.29) is 5.56 Å².